The van der Waals surface area contributed by atoms with Crippen molar-refractivity contribution < 1.29 is 23.5 Å². The molecule has 2 aromatic carbocycles. The second kappa shape index (κ2) is 9.60. The molecule has 1 saturated heterocycles. The predicted octanol–water partition coefficient (Wildman–Crippen LogP) is 2.82. The van der Waals surface area contributed by atoms with E-state index in [4.69, 9.17) is 4.74 Å². The van der Waals surface area contributed by atoms with Gasteiger partial charge in [0.2, 0.25) is 11.8 Å². The summed E-state index contributed by atoms with van der Waals surface area (Å²) in [5.41, 5.74) is 0.829. The van der Waals surface area contributed by atoms with Crippen molar-refractivity contribution in [1.29, 1.82) is 0 Å². The monoisotopic (exact) mass is 461 g/mol. The van der Waals surface area contributed by atoms with Crippen molar-refractivity contribution in [2.24, 2.45) is 5.92 Å². The normalized spacial score (nSPS) is 17.3. The van der Waals surface area contributed by atoms with Gasteiger partial charge in [-0.05, 0) is 54.7 Å². The minimum absolute atomic E-state index is 0.0740. The van der Waals surface area contributed by atoms with Crippen LogP contribution in [0.25, 0.3) is 0 Å². The fourth-order valence-corrected chi connectivity index (χ4v) is 4.56. The van der Waals surface area contributed by atoms with Crippen molar-refractivity contribution in [3.8, 4) is 5.75 Å². The zero-order chi connectivity index (χ0) is 23.5. The van der Waals surface area contributed by atoms with Crippen molar-refractivity contribution in [3.05, 3.63) is 53.8 Å². The molecule has 0 unspecified atom stereocenters. The van der Waals surface area contributed by atoms with Gasteiger partial charge in [0, 0.05) is 23.5 Å². The van der Waals surface area contributed by atoms with E-state index >= 15 is 0 Å². The number of carbonyl (C=O) groups excluding carboxylic acids is 3. The maximum Gasteiger partial charge on any atom is 0.251 e. The Balaban J connectivity index is 1.83. The zero-order valence-electron chi connectivity index (χ0n) is 18.5. The number of rotatable bonds is 7. The lowest BCUT2D eigenvalue weighted by molar-refractivity contribution is -0.129. The quantitative estimate of drug-likeness (QED) is 0.591. The molecule has 3 N–H and O–H groups in total. The van der Waals surface area contributed by atoms with Gasteiger partial charge in [0.05, 0.1) is 13.0 Å². The summed E-state index contributed by atoms with van der Waals surface area (Å²) >= 11 is 0. The summed E-state index contributed by atoms with van der Waals surface area (Å²) in [6.07, 6.45) is 6.04. The first kappa shape index (κ1) is 23.6. The molecule has 0 bridgehead atoms. The highest BCUT2D eigenvalue weighted by atomic mass is 32.3. The van der Waals surface area contributed by atoms with E-state index in [1.54, 1.807) is 36.4 Å². The van der Waals surface area contributed by atoms with E-state index in [9.17, 15) is 18.8 Å². The molecule has 3 rings (SSSR count). The van der Waals surface area contributed by atoms with Gasteiger partial charge < -0.3 is 20.7 Å². The number of methoxy groups -OCH3 is 1. The van der Waals surface area contributed by atoms with Crippen LogP contribution < -0.4 is 20.7 Å². The third kappa shape index (κ3) is 5.59. The molecule has 1 fully saturated rings. The van der Waals surface area contributed by atoms with Crippen LogP contribution in [0.4, 0.5) is 10.1 Å². The number of nitrogens with one attached hydrogen (secondary N) is 3. The van der Waals surface area contributed by atoms with Crippen molar-refractivity contribution in [1.82, 2.24) is 10.6 Å². The summed E-state index contributed by atoms with van der Waals surface area (Å²) < 4.78 is 19.8. The van der Waals surface area contributed by atoms with Crippen molar-refractivity contribution in [2.45, 2.75) is 17.4 Å². The van der Waals surface area contributed by atoms with Crippen LogP contribution in [-0.2, 0) is 14.4 Å². The van der Waals surface area contributed by atoms with Crippen LogP contribution in [0.5, 0.6) is 5.75 Å². The van der Waals surface area contributed by atoms with E-state index in [2.05, 4.69) is 16.0 Å². The van der Waals surface area contributed by atoms with Gasteiger partial charge in [0.15, 0.2) is 0 Å². The van der Waals surface area contributed by atoms with Gasteiger partial charge in [0.1, 0.15) is 17.6 Å². The topological polar surface area (TPSA) is 96.5 Å². The van der Waals surface area contributed by atoms with Gasteiger partial charge in [-0.3, -0.25) is 14.4 Å². The molecule has 3 amide bonds. The van der Waals surface area contributed by atoms with E-state index in [1.165, 1.54) is 13.2 Å². The van der Waals surface area contributed by atoms with Gasteiger partial charge in [-0.2, -0.15) is 0 Å². The molecular weight excluding hydrogens is 433 g/mol. The lowest BCUT2D eigenvalue weighted by atomic mass is 10.0. The summed E-state index contributed by atoms with van der Waals surface area (Å²) in [6.45, 7) is 0.226. The molecule has 1 aliphatic heterocycles. The summed E-state index contributed by atoms with van der Waals surface area (Å²) in [6, 6.07) is 10.3. The Morgan fingerprint density at radius 2 is 1.84 bits per heavy atom. The van der Waals surface area contributed by atoms with Crippen molar-refractivity contribution in [2.75, 3.05) is 37.7 Å². The van der Waals surface area contributed by atoms with Gasteiger partial charge >= 0.3 is 0 Å². The maximum atomic E-state index is 14.6. The molecule has 7 nitrogen and oxygen atoms in total. The number of carbonyl (C=O) groups is 3. The molecule has 172 valence electrons. The highest BCUT2D eigenvalue weighted by Crippen LogP contribution is 2.46. The highest BCUT2D eigenvalue weighted by Gasteiger charge is 2.32. The fourth-order valence-electron chi connectivity index (χ4n) is 3.44. The van der Waals surface area contributed by atoms with E-state index in [1.807, 2.05) is 18.8 Å². The average molecular weight is 462 g/mol. The largest absolute Gasteiger partial charge is 0.497 e. The molecule has 2 aromatic rings. The number of anilines is 1. The molecule has 9 heteroatoms. The van der Waals surface area contributed by atoms with Crippen LogP contribution in [0.1, 0.15) is 18.0 Å². The number of benzene rings is 2. The smallest absolute Gasteiger partial charge is 0.251 e. The minimum atomic E-state index is -1.26. The van der Waals surface area contributed by atoms with Gasteiger partial charge in [0.25, 0.3) is 5.91 Å². The zero-order valence-corrected chi connectivity index (χ0v) is 19.3. The van der Waals surface area contributed by atoms with Crippen molar-refractivity contribution >= 4 is 33.4 Å². The number of ether oxygens (including phenoxy) is 1. The van der Waals surface area contributed by atoms with Crippen LogP contribution in [0.15, 0.2) is 47.4 Å². The van der Waals surface area contributed by atoms with Crippen LogP contribution in [0, 0.1) is 11.7 Å². The summed E-state index contributed by atoms with van der Waals surface area (Å²) in [5.74, 6) is -1.46. The second-order valence-electron chi connectivity index (χ2n) is 8.39. The van der Waals surface area contributed by atoms with E-state index in [-0.39, 0.29) is 24.7 Å². The summed E-state index contributed by atoms with van der Waals surface area (Å²) in [5, 5.41) is 8.04. The lowest BCUT2D eigenvalue weighted by Gasteiger charge is -2.26. The Labute approximate surface area is 188 Å². The first-order valence-corrected chi connectivity index (χ1v) is 12.9. The molecule has 0 spiro atoms. The Bertz CT molecular complexity index is 1020. The van der Waals surface area contributed by atoms with E-state index in [0.717, 1.165) is 0 Å². The standard InChI is InChI=1S/C23H28FN3O4S/c1-31-17-8-5-14(6-9-17)21(27-22(29)15-11-20(28)25-13-15)23(30)26-16-7-10-19(18(24)12-16)32(2,3)4/h5-10,12,15,21H,11,13H2,1-4H3,(H,25,28)(H,26,30)(H,27,29)/t15-,21+/m0/s1. The molecule has 0 radical (unpaired) electrons. The third-order valence-corrected chi connectivity index (χ3v) is 6.86. The van der Waals surface area contributed by atoms with Crippen LogP contribution in [-0.4, -0.2) is 50.1 Å². The highest BCUT2D eigenvalue weighted by molar-refractivity contribution is 8.32. The molecule has 1 aliphatic rings. The van der Waals surface area contributed by atoms with Crippen LogP contribution in [0.3, 0.4) is 0 Å². The molecule has 2 atom stereocenters. The predicted molar refractivity (Wildman–Crippen MR) is 124 cm³/mol. The SMILES string of the molecule is COc1ccc([C@@H](NC(=O)[C@@H]2CNC(=O)C2)C(=O)Nc2ccc(S(C)(C)C)c(F)c2)cc1. The molecular formula is C23H28FN3O4S. The third-order valence-electron chi connectivity index (χ3n) is 5.21. The van der Waals surface area contributed by atoms with Gasteiger partial charge in [-0.25, -0.2) is 14.4 Å². The summed E-state index contributed by atoms with van der Waals surface area (Å²) in [7, 11) is 0.266. The van der Waals surface area contributed by atoms with Gasteiger partial charge in [-0.1, -0.05) is 12.1 Å². The number of hydrogen-bond donors (Lipinski definition) is 3. The lowest BCUT2D eigenvalue weighted by Crippen LogP contribution is -2.40. The Morgan fingerprint density at radius 1 is 1.16 bits per heavy atom. The maximum absolute atomic E-state index is 14.6. The second-order valence-corrected chi connectivity index (χ2v) is 12.5. The minimum Gasteiger partial charge on any atom is -0.497 e. The molecule has 1 heterocycles. The Hall–Kier alpha value is -3.07. The fraction of sp³-hybridized carbons (Fsp3) is 0.348. The van der Waals surface area contributed by atoms with Crippen LogP contribution >= 0.6 is 10.0 Å². The number of halogens is 1. The van der Waals surface area contributed by atoms with Crippen LogP contribution in [0.2, 0.25) is 0 Å². The van der Waals surface area contributed by atoms with Gasteiger partial charge in [-0.15, -0.1) is 0 Å². The average Bonchev–Trinajstić information content (AvgIpc) is 3.17. The van der Waals surface area contributed by atoms with E-state index < -0.39 is 33.8 Å². The first-order valence-electron chi connectivity index (χ1n) is 10.1. The van der Waals surface area contributed by atoms with Crippen molar-refractivity contribution in [3.63, 3.8) is 0 Å². The molecule has 32 heavy (non-hydrogen) atoms. The Kier molecular flexibility index (Phi) is 7.08. The molecule has 0 aliphatic carbocycles. The molecule has 0 aromatic heterocycles. The first-order chi connectivity index (χ1) is 15.1. The number of amides is 3. The number of hydrogen-bond acceptors (Lipinski definition) is 4. The molecule has 0 saturated carbocycles. The summed E-state index contributed by atoms with van der Waals surface area (Å²) in [4.78, 5) is 37.9. The van der Waals surface area contributed by atoms with E-state index in [0.29, 0.717) is 21.9 Å². The Morgan fingerprint density at radius 3 is 2.38 bits per heavy atom.